The van der Waals surface area contributed by atoms with E-state index in [1.54, 1.807) is 18.3 Å². The first-order chi connectivity index (χ1) is 12.6. The van der Waals surface area contributed by atoms with Gasteiger partial charge in [-0.2, -0.15) is 9.61 Å². The predicted molar refractivity (Wildman–Crippen MR) is 105 cm³/mol. The molecule has 0 bridgehead atoms. The second-order valence-corrected chi connectivity index (χ2v) is 7.40. The van der Waals surface area contributed by atoms with Crippen LogP contribution in [0.4, 0.5) is 0 Å². The van der Waals surface area contributed by atoms with Gasteiger partial charge in [0.2, 0.25) is 0 Å². The molecule has 0 radical (unpaired) electrons. The lowest BCUT2D eigenvalue weighted by atomic mass is 10.1. The number of halogens is 2. The van der Waals surface area contributed by atoms with Crippen molar-refractivity contribution >= 4 is 40.6 Å². The molecule has 0 spiro atoms. The third kappa shape index (κ3) is 3.49. The molecule has 0 atom stereocenters. The molecule has 5 nitrogen and oxygen atoms in total. The quantitative estimate of drug-likeness (QED) is 0.503. The first-order valence-corrected chi connectivity index (χ1v) is 9.45. The van der Waals surface area contributed by atoms with Crippen LogP contribution in [-0.2, 0) is 5.75 Å². The summed E-state index contributed by atoms with van der Waals surface area (Å²) >= 11 is 13.3. The SMILES string of the molecule is O=c1[nH]c(SCc2ccc(Cl)cc2)nc2c(-c3ccc(Cl)cc3)cnn12. The van der Waals surface area contributed by atoms with Crippen LogP contribution in [0.15, 0.2) is 64.7 Å². The van der Waals surface area contributed by atoms with E-state index in [1.165, 1.54) is 16.3 Å². The fourth-order valence-corrected chi connectivity index (χ4v) is 3.56. The molecular formula is C18H12Cl2N4OS. The van der Waals surface area contributed by atoms with E-state index in [0.717, 1.165) is 16.7 Å². The molecule has 0 unspecified atom stereocenters. The Kier molecular flexibility index (Phi) is 4.72. The van der Waals surface area contributed by atoms with E-state index in [0.29, 0.717) is 26.6 Å². The summed E-state index contributed by atoms with van der Waals surface area (Å²) in [4.78, 5) is 19.6. The van der Waals surface area contributed by atoms with E-state index in [9.17, 15) is 4.79 Å². The summed E-state index contributed by atoms with van der Waals surface area (Å²) in [5.41, 5.74) is 2.95. The van der Waals surface area contributed by atoms with Gasteiger partial charge in [-0.05, 0) is 35.4 Å². The fourth-order valence-electron chi connectivity index (χ4n) is 2.50. The van der Waals surface area contributed by atoms with Gasteiger partial charge in [0.25, 0.3) is 0 Å². The van der Waals surface area contributed by atoms with Gasteiger partial charge in [0.15, 0.2) is 10.8 Å². The number of aromatic nitrogens is 4. The Bertz CT molecular complexity index is 1120. The van der Waals surface area contributed by atoms with Gasteiger partial charge in [-0.25, -0.2) is 9.78 Å². The maximum Gasteiger partial charge on any atom is 0.350 e. The van der Waals surface area contributed by atoms with Crippen LogP contribution in [0.3, 0.4) is 0 Å². The molecule has 26 heavy (non-hydrogen) atoms. The highest BCUT2D eigenvalue weighted by atomic mass is 35.5. The van der Waals surface area contributed by atoms with Crippen LogP contribution in [0.5, 0.6) is 0 Å². The lowest BCUT2D eigenvalue weighted by Gasteiger charge is -2.04. The Morgan fingerprint density at radius 1 is 1.00 bits per heavy atom. The predicted octanol–water partition coefficient (Wildman–Crippen LogP) is 4.68. The van der Waals surface area contributed by atoms with Crippen LogP contribution in [0.1, 0.15) is 5.56 Å². The Hall–Kier alpha value is -2.28. The van der Waals surface area contributed by atoms with Crippen LogP contribution in [0, 0.1) is 0 Å². The van der Waals surface area contributed by atoms with Gasteiger partial charge in [-0.15, -0.1) is 0 Å². The van der Waals surface area contributed by atoms with Gasteiger partial charge in [0, 0.05) is 21.4 Å². The van der Waals surface area contributed by atoms with Crippen LogP contribution in [0.25, 0.3) is 16.8 Å². The van der Waals surface area contributed by atoms with E-state index in [-0.39, 0.29) is 5.69 Å². The van der Waals surface area contributed by atoms with Crippen molar-refractivity contribution in [3.05, 3.63) is 80.8 Å². The molecule has 0 aliphatic rings. The lowest BCUT2D eigenvalue weighted by molar-refractivity contribution is 0.786. The smallest absolute Gasteiger partial charge is 0.285 e. The molecule has 8 heteroatoms. The topological polar surface area (TPSA) is 63.0 Å². The van der Waals surface area contributed by atoms with Crippen molar-refractivity contribution in [2.75, 3.05) is 0 Å². The average molecular weight is 403 g/mol. The summed E-state index contributed by atoms with van der Waals surface area (Å²) in [5.74, 6) is 0.667. The number of hydrogen-bond donors (Lipinski definition) is 1. The second-order valence-electron chi connectivity index (χ2n) is 5.56. The van der Waals surface area contributed by atoms with E-state index < -0.39 is 0 Å². The van der Waals surface area contributed by atoms with Crippen molar-refractivity contribution in [1.82, 2.24) is 19.6 Å². The highest BCUT2D eigenvalue weighted by molar-refractivity contribution is 7.98. The molecule has 4 rings (SSSR count). The van der Waals surface area contributed by atoms with Gasteiger partial charge in [0.1, 0.15) is 0 Å². The summed E-state index contributed by atoms with van der Waals surface area (Å²) in [6, 6.07) is 14.9. The van der Waals surface area contributed by atoms with Gasteiger partial charge in [0.05, 0.1) is 6.20 Å². The van der Waals surface area contributed by atoms with Crippen LogP contribution >= 0.6 is 35.0 Å². The lowest BCUT2D eigenvalue weighted by Crippen LogP contribution is -2.19. The minimum absolute atomic E-state index is 0.325. The third-order valence-corrected chi connectivity index (χ3v) is 5.25. The van der Waals surface area contributed by atoms with E-state index >= 15 is 0 Å². The standard InChI is InChI=1S/C18H12Cl2N4OS/c19-13-5-1-11(2-6-13)10-26-17-22-16-15(9-21-24(16)18(25)23-17)12-3-7-14(20)8-4-12/h1-9H,10H2,(H,22,23,25). The molecule has 130 valence electrons. The van der Waals surface area contributed by atoms with Crippen molar-refractivity contribution in [3.63, 3.8) is 0 Å². The molecule has 0 fully saturated rings. The Morgan fingerprint density at radius 2 is 1.65 bits per heavy atom. The molecule has 2 heterocycles. The Balaban J connectivity index is 1.68. The van der Waals surface area contributed by atoms with Crippen LogP contribution in [0.2, 0.25) is 10.0 Å². The average Bonchev–Trinajstić information content (AvgIpc) is 3.06. The van der Waals surface area contributed by atoms with Crippen molar-refractivity contribution in [1.29, 1.82) is 0 Å². The molecule has 0 saturated carbocycles. The molecule has 0 saturated heterocycles. The molecular weight excluding hydrogens is 391 g/mol. The minimum atomic E-state index is -0.325. The molecule has 4 aromatic rings. The number of hydrogen-bond acceptors (Lipinski definition) is 4. The van der Waals surface area contributed by atoms with Crippen molar-refractivity contribution in [2.24, 2.45) is 0 Å². The maximum atomic E-state index is 12.3. The zero-order valence-corrected chi connectivity index (χ0v) is 15.6. The molecule has 0 aliphatic heterocycles. The number of H-pyrrole nitrogens is 1. The first kappa shape index (κ1) is 17.1. The second kappa shape index (κ2) is 7.15. The highest BCUT2D eigenvalue weighted by Crippen LogP contribution is 2.26. The number of fused-ring (bicyclic) bond motifs is 1. The first-order valence-electron chi connectivity index (χ1n) is 7.71. The zero-order valence-electron chi connectivity index (χ0n) is 13.3. The number of rotatable bonds is 4. The number of aromatic amines is 1. The van der Waals surface area contributed by atoms with Gasteiger partial charge in [-0.1, -0.05) is 59.2 Å². The number of thioether (sulfide) groups is 1. The normalized spacial score (nSPS) is 11.2. The van der Waals surface area contributed by atoms with Crippen molar-refractivity contribution in [2.45, 2.75) is 10.9 Å². The fraction of sp³-hybridized carbons (Fsp3) is 0.0556. The van der Waals surface area contributed by atoms with E-state index in [4.69, 9.17) is 23.2 Å². The number of nitrogens with one attached hydrogen (secondary N) is 1. The van der Waals surface area contributed by atoms with E-state index in [2.05, 4.69) is 15.1 Å². The van der Waals surface area contributed by atoms with Crippen molar-refractivity contribution in [3.8, 4) is 11.1 Å². The van der Waals surface area contributed by atoms with Gasteiger partial charge >= 0.3 is 5.69 Å². The summed E-state index contributed by atoms with van der Waals surface area (Å²) in [6.45, 7) is 0. The maximum absolute atomic E-state index is 12.3. The van der Waals surface area contributed by atoms with Crippen LogP contribution < -0.4 is 5.69 Å². The molecule has 0 amide bonds. The highest BCUT2D eigenvalue weighted by Gasteiger charge is 2.12. The molecule has 2 aromatic carbocycles. The summed E-state index contributed by atoms with van der Waals surface area (Å²) in [6.07, 6.45) is 1.63. The van der Waals surface area contributed by atoms with Crippen molar-refractivity contribution < 1.29 is 0 Å². The molecule has 2 aromatic heterocycles. The monoisotopic (exact) mass is 402 g/mol. The number of nitrogens with zero attached hydrogens (tertiary/aromatic N) is 3. The van der Waals surface area contributed by atoms with Crippen LogP contribution in [-0.4, -0.2) is 19.6 Å². The van der Waals surface area contributed by atoms with E-state index in [1.807, 2.05) is 36.4 Å². The minimum Gasteiger partial charge on any atom is -0.285 e. The third-order valence-electron chi connectivity index (χ3n) is 3.80. The van der Waals surface area contributed by atoms with Gasteiger partial charge in [-0.3, -0.25) is 4.98 Å². The summed E-state index contributed by atoms with van der Waals surface area (Å²) in [7, 11) is 0. The molecule has 0 aliphatic carbocycles. The summed E-state index contributed by atoms with van der Waals surface area (Å²) in [5, 5.41) is 6.02. The number of benzene rings is 2. The van der Waals surface area contributed by atoms with Gasteiger partial charge < -0.3 is 0 Å². The summed E-state index contributed by atoms with van der Waals surface area (Å²) < 4.78 is 1.26. The zero-order chi connectivity index (χ0) is 18.1. The molecule has 1 N–H and O–H groups in total. The Labute approximate surface area is 163 Å². The Morgan fingerprint density at radius 3 is 2.35 bits per heavy atom. The largest absolute Gasteiger partial charge is 0.350 e.